The summed E-state index contributed by atoms with van der Waals surface area (Å²) >= 11 is 0. The zero-order valence-electron chi connectivity index (χ0n) is 22.6. The molecule has 10 heteroatoms. The monoisotopic (exact) mass is 532 g/mol. The third-order valence-electron chi connectivity index (χ3n) is 6.03. The van der Waals surface area contributed by atoms with Gasteiger partial charge < -0.3 is 14.7 Å². The van der Waals surface area contributed by atoms with E-state index in [0.29, 0.717) is 37.6 Å². The van der Waals surface area contributed by atoms with Gasteiger partial charge in [-0.2, -0.15) is 0 Å². The van der Waals surface area contributed by atoms with E-state index in [1.54, 1.807) is 0 Å². The van der Waals surface area contributed by atoms with Crippen molar-refractivity contribution in [3.05, 3.63) is 0 Å². The minimum atomic E-state index is -4.64. The highest BCUT2D eigenvalue weighted by molar-refractivity contribution is 7.48. The Morgan fingerprint density at radius 3 is 0.971 bits per heavy atom. The Kier molecular flexibility index (Phi) is 24.0. The van der Waals surface area contributed by atoms with Crippen molar-refractivity contribution < 1.29 is 37.4 Å². The van der Waals surface area contributed by atoms with Crippen molar-refractivity contribution in [1.82, 2.24) is 0 Å². The maximum absolute atomic E-state index is 13.4. The van der Waals surface area contributed by atoms with Gasteiger partial charge in [0.15, 0.2) is 0 Å². The zero-order chi connectivity index (χ0) is 26.5. The van der Waals surface area contributed by atoms with Gasteiger partial charge in [0, 0.05) is 0 Å². The van der Waals surface area contributed by atoms with Gasteiger partial charge in [-0.25, -0.2) is 9.13 Å². The van der Waals surface area contributed by atoms with Gasteiger partial charge in [0.1, 0.15) is 0 Å². The Morgan fingerprint density at radius 1 is 0.559 bits per heavy atom. The standard InChI is InChI=1S/C24H51O4P.H3O4P/c1-7-13-16-22(10-4)19-26-29(25,27-20-23(11-5)17-14-8-2)28-21-24(12-6)18-15-9-3;1-5(2,3)4/h22-24H,7-21H2,1-6H3;(H3,1,2,3,4). The molecule has 34 heavy (non-hydrogen) atoms. The fourth-order valence-corrected chi connectivity index (χ4v) is 4.80. The van der Waals surface area contributed by atoms with E-state index in [9.17, 15) is 4.57 Å². The van der Waals surface area contributed by atoms with Crippen LogP contribution in [0.2, 0.25) is 0 Å². The lowest BCUT2D eigenvalue weighted by molar-refractivity contribution is 0.0732. The fourth-order valence-electron chi connectivity index (χ4n) is 3.40. The third-order valence-corrected chi connectivity index (χ3v) is 7.43. The summed E-state index contributed by atoms with van der Waals surface area (Å²) in [5, 5.41) is 0. The van der Waals surface area contributed by atoms with Crippen molar-refractivity contribution in [2.24, 2.45) is 17.8 Å². The molecule has 0 heterocycles. The molecule has 0 aliphatic rings. The lowest BCUT2D eigenvalue weighted by Gasteiger charge is -2.25. The number of phosphoric acid groups is 2. The summed E-state index contributed by atoms with van der Waals surface area (Å²) in [6, 6.07) is 0. The van der Waals surface area contributed by atoms with Crippen LogP contribution in [0, 0.1) is 17.8 Å². The number of unbranched alkanes of at least 4 members (excludes halogenated alkanes) is 3. The van der Waals surface area contributed by atoms with E-state index in [2.05, 4.69) is 41.5 Å². The highest BCUT2D eigenvalue weighted by Crippen LogP contribution is 2.51. The van der Waals surface area contributed by atoms with Crippen molar-refractivity contribution in [3.8, 4) is 0 Å². The molecule has 0 fully saturated rings. The van der Waals surface area contributed by atoms with Crippen LogP contribution in [0.4, 0.5) is 0 Å². The van der Waals surface area contributed by atoms with Crippen molar-refractivity contribution in [2.45, 2.75) is 119 Å². The molecule has 8 nitrogen and oxygen atoms in total. The average molecular weight is 533 g/mol. The van der Waals surface area contributed by atoms with E-state index in [-0.39, 0.29) is 0 Å². The van der Waals surface area contributed by atoms with E-state index in [0.717, 1.165) is 38.5 Å². The molecule has 0 amide bonds. The second-order valence-corrected chi connectivity index (χ2v) is 11.8. The van der Waals surface area contributed by atoms with E-state index < -0.39 is 15.6 Å². The fraction of sp³-hybridized carbons (Fsp3) is 1.00. The first-order chi connectivity index (χ1) is 16.0. The number of rotatable bonds is 21. The normalized spacial score (nSPS) is 16.3. The summed E-state index contributed by atoms with van der Waals surface area (Å²) in [6.07, 6.45) is 13.5. The predicted octanol–water partition coefficient (Wildman–Crippen LogP) is 7.86. The first-order valence-corrected chi connectivity index (χ1v) is 16.3. The molecule has 0 aromatic carbocycles. The largest absolute Gasteiger partial charge is 0.474 e. The van der Waals surface area contributed by atoms with E-state index in [1.807, 2.05) is 0 Å². The second-order valence-electron chi connectivity index (χ2n) is 9.10. The van der Waals surface area contributed by atoms with Gasteiger partial charge in [-0.1, -0.05) is 99.3 Å². The minimum Gasteiger partial charge on any atom is -0.303 e. The van der Waals surface area contributed by atoms with E-state index >= 15 is 0 Å². The van der Waals surface area contributed by atoms with Gasteiger partial charge in [0.2, 0.25) is 0 Å². The van der Waals surface area contributed by atoms with Crippen LogP contribution >= 0.6 is 15.6 Å². The summed E-state index contributed by atoms with van der Waals surface area (Å²) in [4.78, 5) is 21.6. The van der Waals surface area contributed by atoms with Crippen molar-refractivity contribution in [3.63, 3.8) is 0 Å². The van der Waals surface area contributed by atoms with Crippen LogP contribution in [0.1, 0.15) is 119 Å². The topological polar surface area (TPSA) is 123 Å². The summed E-state index contributed by atoms with van der Waals surface area (Å²) in [6.45, 7) is 14.5. The van der Waals surface area contributed by atoms with Crippen LogP contribution in [0.5, 0.6) is 0 Å². The summed E-state index contributed by atoms with van der Waals surface area (Å²) < 4.78 is 40.0. The van der Waals surface area contributed by atoms with E-state index in [4.69, 9.17) is 32.8 Å². The molecule has 0 rings (SSSR count). The van der Waals surface area contributed by atoms with Crippen molar-refractivity contribution in [1.29, 1.82) is 0 Å². The molecule has 208 valence electrons. The summed E-state index contributed by atoms with van der Waals surface area (Å²) in [5.74, 6) is 1.25. The number of phosphoric ester groups is 1. The highest BCUT2D eigenvalue weighted by atomic mass is 31.2. The Hall–Kier alpha value is 0.220. The molecule has 0 bridgehead atoms. The van der Waals surface area contributed by atoms with Crippen molar-refractivity contribution in [2.75, 3.05) is 19.8 Å². The van der Waals surface area contributed by atoms with Crippen LogP contribution in [0.25, 0.3) is 0 Å². The van der Waals surface area contributed by atoms with Gasteiger partial charge in [0.25, 0.3) is 0 Å². The predicted molar refractivity (Wildman–Crippen MR) is 140 cm³/mol. The molecule has 0 saturated carbocycles. The molecule has 3 unspecified atom stereocenters. The van der Waals surface area contributed by atoms with Crippen LogP contribution in [-0.2, 0) is 22.7 Å². The van der Waals surface area contributed by atoms with Crippen LogP contribution in [0.3, 0.4) is 0 Å². The molecule has 3 atom stereocenters. The lowest BCUT2D eigenvalue weighted by atomic mass is 10.0. The SMILES string of the molecule is CCCCC(CC)COP(=O)(OCC(CC)CCCC)OCC(CC)CCCC.O=P(O)(O)O. The molecule has 0 aliphatic carbocycles. The first-order valence-electron chi connectivity index (χ1n) is 13.3. The second kappa shape index (κ2) is 22.4. The maximum atomic E-state index is 13.4. The van der Waals surface area contributed by atoms with Gasteiger partial charge in [-0.05, 0) is 37.0 Å². The van der Waals surface area contributed by atoms with Gasteiger partial charge >= 0.3 is 15.6 Å². The quantitative estimate of drug-likeness (QED) is 0.128. The van der Waals surface area contributed by atoms with E-state index in [1.165, 1.54) is 38.5 Å². The Bertz CT molecular complexity index is 476. The van der Waals surface area contributed by atoms with Crippen molar-refractivity contribution >= 4 is 15.6 Å². The maximum Gasteiger partial charge on any atom is 0.474 e. The van der Waals surface area contributed by atoms with Crippen LogP contribution in [0.15, 0.2) is 0 Å². The smallest absolute Gasteiger partial charge is 0.303 e. The van der Waals surface area contributed by atoms with Gasteiger partial charge in [0.05, 0.1) is 19.8 Å². The van der Waals surface area contributed by atoms with Gasteiger partial charge in [-0.15, -0.1) is 0 Å². The summed E-state index contributed by atoms with van der Waals surface area (Å²) in [7, 11) is -8.16. The Balaban J connectivity index is 0. The minimum absolute atomic E-state index is 0.416. The Morgan fingerprint density at radius 2 is 0.794 bits per heavy atom. The molecule has 0 saturated heterocycles. The molecule has 0 radical (unpaired) electrons. The average Bonchev–Trinajstić information content (AvgIpc) is 2.78. The summed E-state index contributed by atoms with van der Waals surface area (Å²) in [5.41, 5.74) is 0. The lowest BCUT2D eigenvalue weighted by Crippen LogP contribution is -2.16. The first kappa shape index (κ1) is 36.4. The zero-order valence-corrected chi connectivity index (χ0v) is 24.4. The molecular formula is C24H54O8P2. The molecule has 3 N–H and O–H groups in total. The third kappa shape index (κ3) is 23.9. The molecule has 0 aliphatic heterocycles. The van der Waals surface area contributed by atoms with Gasteiger partial charge in [-0.3, -0.25) is 13.6 Å². The molecule has 0 aromatic rings. The highest BCUT2D eigenvalue weighted by Gasteiger charge is 2.30. The molecule has 0 aromatic heterocycles. The number of hydrogen-bond acceptors (Lipinski definition) is 5. The van der Waals surface area contributed by atoms with Crippen LogP contribution < -0.4 is 0 Å². The Labute approximate surface area is 209 Å². The number of hydrogen-bond donors (Lipinski definition) is 3. The van der Waals surface area contributed by atoms with Crippen LogP contribution in [-0.4, -0.2) is 34.5 Å². The molecule has 0 spiro atoms. The molecular weight excluding hydrogens is 478 g/mol.